The lowest BCUT2D eigenvalue weighted by molar-refractivity contribution is 0.679. The second kappa shape index (κ2) is 5.98. The molecule has 4 heteroatoms. The molecular weight excluding hydrogens is 296 g/mol. The number of H-pyrrole nitrogens is 1. The molecule has 0 aliphatic rings. The number of nitrogens with two attached hydrogens (primary N) is 1. The summed E-state index contributed by atoms with van der Waals surface area (Å²) in [5.41, 5.74) is 11.0. The predicted octanol–water partition coefficient (Wildman–Crippen LogP) is 3.81. The van der Waals surface area contributed by atoms with E-state index >= 15 is 0 Å². The molecule has 0 fully saturated rings. The van der Waals surface area contributed by atoms with E-state index in [1.54, 1.807) is 0 Å². The number of rotatable bonds is 4. The smallest absolute Gasteiger partial charge is 0.123 e. The minimum atomic E-state index is -0.159. The Bertz CT molecular complexity index is 966. The molecule has 4 rings (SSSR count). The number of fused-ring (bicyclic) bond motifs is 1. The van der Waals surface area contributed by atoms with E-state index in [-0.39, 0.29) is 6.04 Å². The third kappa shape index (κ3) is 2.61. The second-order valence-electron chi connectivity index (χ2n) is 6.14. The van der Waals surface area contributed by atoms with Gasteiger partial charge in [0.2, 0.25) is 0 Å². The van der Waals surface area contributed by atoms with Crippen LogP contribution in [-0.4, -0.2) is 14.5 Å². The number of imidazole rings is 1. The summed E-state index contributed by atoms with van der Waals surface area (Å²) >= 11 is 0. The highest BCUT2D eigenvalue weighted by Crippen LogP contribution is 2.25. The molecular formula is C20H20N4. The molecule has 0 aliphatic carbocycles. The number of para-hydroxylation sites is 1. The fourth-order valence-corrected chi connectivity index (χ4v) is 3.21. The molecule has 24 heavy (non-hydrogen) atoms. The number of aryl methyl sites for hydroxylation is 1. The molecule has 0 radical (unpaired) electrons. The van der Waals surface area contributed by atoms with Crippen molar-refractivity contribution in [2.24, 2.45) is 12.8 Å². The highest BCUT2D eigenvalue weighted by Gasteiger charge is 2.15. The van der Waals surface area contributed by atoms with Crippen molar-refractivity contribution in [1.29, 1.82) is 0 Å². The summed E-state index contributed by atoms with van der Waals surface area (Å²) in [6, 6.07) is 18.4. The third-order valence-corrected chi connectivity index (χ3v) is 4.45. The summed E-state index contributed by atoms with van der Waals surface area (Å²) in [5.74, 6) is 0.821. The highest BCUT2D eigenvalue weighted by molar-refractivity contribution is 5.83. The van der Waals surface area contributed by atoms with Crippen molar-refractivity contribution in [2.45, 2.75) is 12.5 Å². The van der Waals surface area contributed by atoms with Crippen LogP contribution in [0.4, 0.5) is 0 Å². The maximum atomic E-state index is 6.42. The molecule has 0 bridgehead atoms. The van der Waals surface area contributed by atoms with Crippen LogP contribution >= 0.6 is 0 Å². The summed E-state index contributed by atoms with van der Waals surface area (Å²) in [5, 5.41) is 1.25. The van der Waals surface area contributed by atoms with E-state index < -0.39 is 0 Å². The number of aromatic amines is 1. The van der Waals surface area contributed by atoms with Crippen molar-refractivity contribution in [2.75, 3.05) is 0 Å². The van der Waals surface area contributed by atoms with Gasteiger partial charge in [-0.2, -0.15) is 0 Å². The van der Waals surface area contributed by atoms with E-state index in [1.807, 2.05) is 24.4 Å². The lowest BCUT2D eigenvalue weighted by Gasteiger charge is -2.08. The topological polar surface area (TPSA) is 59.6 Å². The van der Waals surface area contributed by atoms with Gasteiger partial charge in [-0.25, -0.2) is 4.98 Å². The Balaban J connectivity index is 1.60. The van der Waals surface area contributed by atoms with Gasteiger partial charge in [-0.05, 0) is 23.6 Å². The Hall–Kier alpha value is -2.85. The van der Waals surface area contributed by atoms with Crippen LogP contribution in [0.5, 0.6) is 0 Å². The second-order valence-corrected chi connectivity index (χ2v) is 6.14. The first-order valence-corrected chi connectivity index (χ1v) is 8.11. The Morgan fingerprint density at radius 3 is 2.67 bits per heavy atom. The normalized spacial score (nSPS) is 12.6. The SMILES string of the molecule is Cn1cc(CC(N)c2ncc(-c3ccccc3)[nH]2)c2ccccc21. The Kier molecular flexibility index (Phi) is 3.67. The van der Waals surface area contributed by atoms with E-state index in [0.717, 1.165) is 23.5 Å². The number of hydrogen-bond acceptors (Lipinski definition) is 2. The van der Waals surface area contributed by atoms with Gasteiger partial charge in [0.05, 0.1) is 17.9 Å². The number of nitrogens with zero attached hydrogens (tertiary/aromatic N) is 2. The fourth-order valence-electron chi connectivity index (χ4n) is 3.21. The molecule has 4 nitrogen and oxygen atoms in total. The zero-order chi connectivity index (χ0) is 16.5. The average molecular weight is 316 g/mol. The summed E-state index contributed by atoms with van der Waals surface area (Å²) in [6.45, 7) is 0. The Morgan fingerprint density at radius 2 is 1.83 bits per heavy atom. The number of hydrogen-bond donors (Lipinski definition) is 2. The van der Waals surface area contributed by atoms with Gasteiger partial charge in [-0.15, -0.1) is 0 Å². The fraction of sp³-hybridized carbons (Fsp3) is 0.150. The maximum Gasteiger partial charge on any atom is 0.123 e. The quantitative estimate of drug-likeness (QED) is 0.601. The van der Waals surface area contributed by atoms with Gasteiger partial charge in [0.15, 0.2) is 0 Å². The van der Waals surface area contributed by atoms with Crippen LogP contribution in [0, 0.1) is 0 Å². The van der Waals surface area contributed by atoms with Crippen molar-refractivity contribution < 1.29 is 0 Å². The molecule has 4 aromatic rings. The van der Waals surface area contributed by atoms with Crippen molar-refractivity contribution in [3.63, 3.8) is 0 Å². The van der Waals surface area contributed by atoms with Crippen LogP contribution in [0.1, 0.15) is 17.4 Å². The summed E-state index contributed by atoms with van der Waals surface area (Å²) in [6.07, 6.45) is 4.77. The largest absolute Gasteiger partial charge is 0.350 e. The molecule has 3 N–H and O–H groups in total. The van der Waals surface area contributed by atoms with Gasteiger partial charge in [0, 0.05) is 24.1 Å². The summed E-state index contributed by atoms with van der Waals surface area (Å²) in [4.78, 5) is 7.85. The van der Waals surface area contributed by atoms with Crippen molar-refractivity contribution in [3.05, 3.63) is 78.4 Å². The van der Waals surface area contributed by atoms with Crippen LogP contribution in [0.15, 0.2) is 67.0 Å². The first-order chi connectivity index (χ1) is 11.7. The maximum absolute atomic E-state index is 6.42. The predicted molar refractivity (Wildman–Crippen MR) is 97.6 cm³/mol. The average Bonchev–Trinajstić information content (AvgIpc) is 3.22. The van der Waals surface area contributed by atoms with Crippen LogP contribution in [-0.2, 0) is 13.5 Å². The molecule has 0 amide bonds. The van der Waals surface area contributed by atoms with Crippen LogP contribution in [0.25, 0.3) is 22.2 Å². The van der Waals surface area contributed by atoms with E-state index in [1.165, 1.54) is 16.5 Å². The van der Waals surface area contributed by atoms with Crippen LogP contribution < -0.4 is 5.73 Å². The number of aromatic nitrogens is 3. The van der Waals surface area contributed by atoms with E-state index in [2.05, 4.69) is 64.2 Å². The van der Waals surface area contributed by atoms with Crippen molar-refractivity contribution in [3.8, 4) is 11.3 Å². The molecule has 2 aromatic heterocycles. The first kappa shape index (κ1) is 14.7. The van der Waals surface area contributed by atoms with Crippen molar-refractivity contribution in [1.82, 2.24) is 14.5 Å². The van der Waals surface area contributed by atoms with E-state index in [4.69, 9.17) is 5.73 Å². The molecule has 2 heterocycles. The molecule has 0 aliphatic heterocycles. The van der Waals surface area contributed by atoms with E-state index in [0.29, 0.717) is 0 Å². The monoisotopic (exact) mass is 316 g/mol. The molecule has 2 aromatic carbocycles. The third-order valence-electron chi connectivity index (χ3n) is 4.45. The molecule has 0 spiro atoms. The molecule has 1 atom stereocenters. The van der Waals surface area contributed by atoms with Gasteiger partial charge in [0.1, 0.15) is 5.82 Å². The Labute approximate surface area is 141 Å². The van der Waals surface area contributed by atoms with Crippen LogP contribution in [0.2, 0.25) is 0 Å². The zero-order valence-corrected chi connectivity index (χ0v) is 13.6. The minimum absolute atomic E-state index is 0.159. The summed E-state index contributed by atoms with van der Waals surface area (Å²) < 4.78 is 2.15. The van der Waals surface area contributed by atoms with Gasteiger partial charge in [-0.1, -0.05) is 48.5 Å². The van der Waals surface area contributed by atoms with E-state index in [9.17, 15) is 0 Å². The van der Waals surface area contributed by atoms with Crippen LogP contribution in [0.3, 0.4) is 0 Å². The number of benzene rings is 2. The Morgan fingerprint density at radius 1 is 1.08 bits per heavy atom. The molecule has 1 unspecified atom stereocenters. The first-order valence-electron chi connectivity index (χ1n) is 8.11. The lowest BCUT2D eigenvalue weighted by Crippen LogP contribution is -2.14. The van der Waals surface area contributed by atoms with Gasteiger partial charge >= 0.3 is 0 Å². The molecule has 0 saturated heterocycles. The summed E-state index contributed by atoms with van der Waals surface area (Å²) in [7, 11) is 2.07. The highest BCUT2D eigenvalue weighted by atomic mass is 15.0. The lowest BCUT2D eigenvalue weighted by atomic mass is 10.1. The zero-order valence-electron chi connectivity index (χ0n) is 13.6. The van der Waals surface area contributed by atoms with Gasteiger partial charge in [0.25, 0.3) is 0 Å². The minimum Gasteiger partial charge on any atom is -0.350 e. The number of nitrogens with one attached hydrogen (secondary N) is 1. The molecule has 120 valence electrons. The standard InChI is InChI=1S/C20H20N4/c1-24-13-15(16-9-5-6-10-19(16)24)11-17(21)20-22-12-18(23-20)14-7-3-2-4-8-14/h2-10,12-13,17H,11,21H2,1H3,(H,22,23). The van der Waals surface area contributed by atoms with Gasteiger partial charge in [-0.3, -0.25) is 0 Å². The van der Waals surface area contributed by atoms with Crippen molar-refractivity contribution >= 4 is 10.9 Å². The molecule has 0 saturated carbocycles. The van der Waals surface area contributed by atoms with Gasteiger partial charge < -0.3 is 15.3 Å².